The van der Waals surface area contributed by atoms with E-state index in [1.807, 2.05) is 12.1 Å². The van der Waals surface area contributed by atoms with Crippen molar-refractivity contribution in [3.8, 4) is 11.4 Å². The van der Waals surface area contributed by atoms with Gasteiger partial charge in [-0.25, -0.2) is 0 Å². The summed E-state index contributed by atoms with van der Waals surface area (Å²) in [6.45, 7) is 6.31. The van der Waals surface area contributed by atoms with Gasteiger partial charge in [-0.1, -0.05) is 51.0 Å². The van der Waals surface area contributed by atoms with Crippen LogP contribution in [0.5, 0.6) is 0 Å². The molecule has 0 spiro atoms. The monoisotopic (exact) mass is 256 g/mol. The third kappa shape index (κ3) is 3.81. The van der Waals surface area contributed by atoms with Crippen LogP contribution in [0.2, 0.25) is 0 Å². The maximum absolute atomic E-state index is 4.04. The first-order chi connectivity index (χ1) is 9.19. The van der Waals surface area contributed by atoms with E-state index in [4.69, 9.17) is 0 Å². The van der Waals surface area contributed by atoms with Gasteiger partial charge in [0.15, 0.2) is 5.82 Å². The van der Waals surface area contributed by atoms with Crippen molar-refractivity contribution in [3.05, 3.63) is 35.7 Å². The number of hydrogen-bond donors (Lipinski definition) is 0. The van der Waals surface area contributed by atoms with Crippen LogP contribution in [0.4, 0.5) is 0 Å². The van der Waals surface area contributed by atoms with Gasteiger partial charge in [0, 0.05) is 5.56 Å². The van der Waals surface area contributed by atoms with Gasteiger partial charge in [0.2, 0.25) is 5.82 Å². The summed E-state index contributed by atoms with van der Waals surface area (Å²) in [6.07, 6.45) is 3.64. The van der Waals surface area contributed by atoms with E-state index in [0.29, 0.717) is 11.6 Å². The molecule has 1 unspecified atom stereocenters. The Bertz CT molecular complexity index is 505. The van der Waals surface area contributed by atoms with Crippen LogP contribution in [0.25, 0.3) is 11.4 Å². The molecule has 0 aliphatic heterocycles. The van der Waals surface area contributed by atoms with Gasteiger partial charge in [0.1, 0.15) is 0 Å². The third-order valence-electron chi connectivity index (χ3n) is 3.16. The molecule has 2 rings (SSSR count). The Morgan fingerprint density at radius 1 is 1.00 bits per heavy atom. The van der Waals surface area contributed by atoms with Crippen molar-refractivity contribution in [2.24, 2.45) is 5.92 Å². The molecule has 1 heterocycles. The van der Waals surface area contributed by atoms with Crippen LogP contribution in [-0.2, 0) is 6.42 Å². The van der Waals surface area contributed by atoms with Gasteiger partial charge in [0.25, 0.3) is 0 Å². The van der Waals surface area contributed by atoms with Crippen molar-refractivity contribution in [2.75, 3.05) is 0 Å². The first kappa shape index (κ1) is 13.6. The van der Waals surface area contributed by atoms with E-state index in [-0.39, 0.29) is 0 Å². The van der Waals surface area contributed by atoms with Gasteiger partial charge in [-0.2, -0.15) is 0 Å². The molecule has 2 aromatic rings. The van der Waals surface area contributed by atoms with Crippen LogP contribution in [0.3, 0.4) is 0 Å². The van der Waals surface area contributed by atoms with E-state index in [9.17, 15) is 0 Å². The summed E-state index contributed by atoms with van der Waals surface area (Å²) in [5.41, 5.74) is 2.32. The number of benzene rings is 1. The van der Waals surface area contributed by atoms with Crippen molar-refractivity contribution in [2.45, 2.75) is 40.0 Å². The third-order valence-corrected chi connectivity index (χ3v) is 3.16. The fraction of sp³-hybridized carbons (Fsp3) is 0.467. The maximum Gasteiger partial charge on any atom is 0.203 e. The van der Waals surface area contributed by atoms with Crippen molar-refractivity contribution < 1.29 is 0 Å². The van der Waals surface area contributed by atoms with E-state index in [2.05, 4.69) is 46.4 Å². The topological polar surface area (TPSA) is 51.6 Å². The molecule has 0 amide bonds. The molecule has 4 heteroatoms. The predicted molar refractivity (Wildman–Crippen MR) is 75.6 cm³/mol. The molecule has 1 aromatic heterocycles. The second-order valence-corrected chi connectivity index (χ2v) is 5.07. The summed E-state index contributed by atoms with van der Waals surface area (Å²) in [5, 5.41) is 15.9. The minimum Gasteiger partial charge on any atom is -0.131 e. The lowest BCUT2D eigenvalue weighted by Gasteiger charge is -2.10. The predicted octanol–water partition coefficient (Wildman–Crippen LogP) is 3.22. The summed E-state index contributed by atoms with van der Waals surface area (Å²) < 4.78 is 0. The molecule has 0 N–H and O–H groups in total. The highest BCUT2D eigenvalue weighted by molar-refractivity contribution is 5.54. The zero-order valence-electron chi connectivity index (χ0n) is 11.8. The van der Waals surface area contributed by atoms with E-state index in [0.717, 1.165) is 17.9 Å². The summed E-state index contributed by atoms with van der Waals surface area (Å²) in [6, 6.07) is 8.37. The molecule has 19 heavy (non-hydrogen) atoms. The summed E-state index contributed by atoms with van der Waals surface area (Å²) in [5.74, 6) is 1.90. The van der Waals surface area contributed by atoms with Crippen LogP contribution in [0, 0.1) is 12.8 Å². The van der Waals surface area contributed by atoms with Gasteiger partial charge >= 0.3 is 0 Å². The smallest absolute Gasteiger partial charge is 0.131 e. The molecule has 0 saturated carbocycles. The molecule has 0 aliphatic carbocycles. The average Bonchev–Trinajstić information content (AvgIpc) is 2.41. The van der Waals surface area contributed by atoms with Crippen LogP contribution in [0.15, 0.2) is 24.3 Å². The molecule has 0 bridgehead atoms. The molecule has 0 aliphatic rings. The summed E-state index contributed by atoms with van der Waals surface area (Å²) >= 11 is 0. The molecule has 1 aromatic carbocycles. The number of rotatable bonds is 5. The highest BCUT2D eigenvalue weighted by atomic mass is 15.3. The van der Waals surface area contributed by atoms with Crippen LogP contribution in [-0.4, -0.2) is 20.4 Å². The quantitative estimate of drug-likeness (QED) is 0.824. The minimum atomic E-state index is 0.582. The Hall–Kier alpha value is -1.84. The lowest BCUT2D eigenvalue weighted by molar-refractivity contribution is 0.522. The van der Waals surface area contributed by atoms with Crippen molar-refractivity contribution >= 4 is 0 Å². The standard InChI is InChI=1S/C15H20N4/c1-4-5-11(2)10-13-6-8-14(9-7-13)15-18-16-12(3)17-19-15/h6-9,11H,4-5,10H2,1-3H3. The van der Waals surface area contributed by atoms with Crippen LogP contribution in [0.1, 0.15) is 38.1 Å². The molecule has 1 atom stereocenters. The normalized spacial score (nSPS) is 12.4. The molecule has 100 valence electrons. The number of hydrogen-bond acceptors (Lipinski definition) is 4. The Balaban J connectivity index is 2.08. The van der Waals surface area contributed by atoms with Gasteiger partial charge in [-0.3, -0.25) is 0 Å². The molecule has 0 radical (unpaired) electrons. The molecule has 4 nitrogen and oxygen atoms in total. The van der Waals surface area contributed by atoms with E-state index >= 15 is 0 Å². The lowest BCUT2D eigenvalue weighted by Crippen LogP contribution is -2.00. The minimum absolute atomic E-state index is 0.582. The zero-order chi connectivity index (χ0) is 13.7. The van der Waals surface area contributed by atoms with Crippen LogP contribution < -0.4 is 0 Å². The molecular weight excluding hydrogens is 236 g/mol. The fourth-order valence-corrected chi connectivity index (χ4v) is 2.18. The van der Waals surface area contributed by atoms with E-state index in [1.54, 1.807) is 6.92 Å². The van der Waals surface area contributed by atoms with Gasteiger partial charge in [-0.15, -0.1) is 20.4 Å². The Labute approximate surface area is 114 Å². The van der Waals surface area contributed by atoms with Gasteiger partial charge in [0.05, 0.1) is 0 Å². The Morgan fingerprint density at radius 3 is 2.21 bits per heavy atom. The molecule has 0 saturated heterocycles. The maximum atomic E-state index is 4.04. The summed E-state index contributed by atoms with van der Waals surface area (Å²) in [7, 11) is 0. The van der Waals surface area contributed by atoms with Gasteiger partial charge in [-0.05, 0) is 24.8 Å². The Kier molecular flexibility index (Phi) is 4.55. The number of aromatic nitrogens is 4. The first-order valence-electron chi connectivity index (χ1n) is 6.82. The number of aryl methyl sites for hydroxylation is 1. The fourth-order valence-electron chi connectivity index (χ4n) is 2.18. The highest BCUT2D eigenvalue weighted by Gasteiger charge is 2.05. The van der Waals surface area contributed by atoms with E-state index < -0.39 is 0 Å². The number of nitrogens with zero attached hydrogens (tertiary/aromatic N) is 4. The Morgan fingerprint density at radius 2 is 1.63 bits per heavy atom. The summed E-state index contributed by atoms with van der Waals surface area (Å²) in [4.78, 5) is 0. The second kappa shape index (κ2) is 6.36. The second-order valence-electron chi connectivity index (χ2n) is 5.07. The molecule has 0 fully saturated rings. The molecular formula is C15H20N4. The van der Waals surface area contributed by atoms with Gasteiger partial charge < -0.3 is 0 Å². The van der Waals surface area contributed by atoms with E-state index in [1.165, 1.54) is 18.4 Å². The largest absolute Gasteiger partial charge is 0.203 e. The highest BCUT2D eigenvalue weighted by Crippen LogP contribution is 2.17. The SMILES string of the molecule is CCCC(C)Cc1ccc(-c2nnc(C)nn2)cc1. The average molecular weight is 256 g/mol. The zero-order valence-corrected chi connectivity index (χ0v) is 11.8. The van der Waals surface area contributed by atoms with Crippen LogP contribution >= 0.6 is 0 Å². The lowest BCUT2D eigenvalue weighted by atomic mass is 9.96. The van der Waals surface area contributed by atoms with Crippen molar-refractivity contribution in [1.82, 2.24) is 20.4 Å². The first-order valence-corrected chi connectivity index (χ1v) is 6.82. The van der Waals surface area contributed by atoms with Crippen molar-refractivity contribution in [1.29, 1.82) is 0 Å². The van der Waals surface area contributed by atoms with Crippen molar-refractivity contribution in [3.63, 3.8) is 0 Å².